The molecular weight excluding hydrogens is 809 g/mol. The third kappa shape index (κ3) is 12.1. The molecule has 0 unspecified atom stereocenters. The van der Waals surface area contributed by atoms with Crippen molar-refractivity contribution in [2.75, 3.05) is 52.5 Å². The summed E-state index contributed by atoms with van der Waals surface area (Å²) < 4.78 is 32.9. The van der Waals surface area contributed by atoms with Crippen molar-refractivity contribution < 1.29 is 13.7 Å². The van der Waals surface area contributed by atoms with E-state index in [1.165, 1.54) is 77.5 Å². The first-order valence-corrected chi connectivity index (χ1v) is 26.0. The van der Waals surface area contributed by atoms with Crippen LogP contribution in [0, 0.1) is 0 Å². The number of fused-ring (bicyclic) bond motifs is 2. The molecule has 0 aliphatic rings. The summed E-state index contributed by atoms with van der Waals surface area (Å²) >= 11 is 0. The third-order valence-electron chi connectivity index (χ3n) is 12.5. The molecular formula is C56H78N4O3S. The van der Waals surface area contributed by atoms with Gasteiger partial charge in [-0.3, -0.25) is 0 Å². The number of nitrogens with zero attached hydrogens (tertiary/aromatic N) is 4. The molecule has 0 N–H and O–H groups in total. The Hall–Kier alpha value is -4.37. The van der Waals surface area contributed by atoms with Crippen LogP contribution in [0.1, 0.15) is 143 Å². The first-order chi connectivity index (χ1) is 31.2. The van der Waals surface area contributed by atoms with E-state index >= 15 is 4.21 Å². The quantitative estimate of drug-likeness (QED) is 0.0460. The normalized spacial score (nSPS) is 12.1. The predicted molar refractivity (Wildman–Crippen MR) is 271 cm³/mol. The molecule has 6 rings (SSSR count). The summed E-state index contributed by atoms with van der Waals surface area (Å²) in [7, 11) is -1.50. The van der Waals surface area contributed by atoms with Crippen LogP contribution in [-0.2, 0) is 10.8 Å². The molecule has 7 nitrogen and oxygen atoms in total. The van der Waals surface area contributed by atoms with Crippen LogP contribution in [0.4, 0.5) is 0 Å². The zero-order chi connectivity index (χ0) is 45.4. The van der Waals surface area contributed by atoms with E-state index in [0.29, 0.717) is 13.2 Å². The molecule has 0 saturated carbocycles. The molecule has 0 radical (unpaired) electrons. The zero-order valence-electron chi connectivity index (χ0n) is 40.5. The molecule has 0 fully saturated rings. The Balaban J connectivity index is 1.28. The maximum atomic E-state index is 15.8. The Kier molecular flexibility index (Phi) is 19.0. The second kappa shape index (κ2) is 24.8. The monoisotopic (exact) mass is 887 g/mol. The number of rotatable bonds is 28. The SMILES string of the molecule is CCCCN(CCCC)CCCOc1ccc(-c2c(C(C)C)c(S(=O)c3c(C(C)C)c(-c4ccc(OCCCN(CCCC)CCCC)cc4)n4ccccc34)c3ccccn23)cc1. The minimum atomic E-state index is -1.50. The molecule has 0 atom stereocenters. The number of hydrogen-bond donors (Lipinski definition) is 0. The zero-order valence-corrected chi connectivity index (χ0v) is 41.4. The van der Waals surface area contributed by atoms with Gasteiger partial charge in [0.25, 0.3) is 0 Å². The van der Waals surface area contributed by atoms with E-state index in [4.69, 9.17) is 9.47 Å². The van der Waals surface area contributed by atoms with E-state index in [2.05, 4.69) is 171 Å². The first-order valence-electron chi connectivity index (χ1n) is 24.8. The van der Waals surface area contributed by atoms with Gasteiger partial charge in [-0.05, 0) is 172 Å². The summed E-state index contributed by atoms with van der Waals surface area (Å²) in [5, 5.41) is 0. The van der Waals surface area contributed by atoms with E-state index in [-0.39, 0.29) is 11.8 Å². The van der Waals surface area contributed by atoms with Crippen LogP contribution in [0.3, 0.4) is 0 Å². The smallest absolute Gasteiger partial charge is 0.119 e. The van der Waals surface area contributed by atoms with Gasteiger partial charge in [-0.15, -0.1) is 0 Å². The van der Waals surface area contributed by atoms with Gasteiger partial charge in [0, 0.05) is 25.5 Å². The van der Waals surface area contributed by atoms with E-state index in [0.717, 1.165) is 91.9 Å². The van der Waals surface area contributed by atoms with E-state index in [1.807, 2.05) is 0 Å². The van der Waals surface area contributed by atoms with Crippen LogP contribution in [0.25, 0.3) is 33.5 Å². The number of benzene rings is 2. The van der Waals surface area contributed by atoms with Crippen molar-refractivity contribution >= 4 is 21.8 Å². The van der Waals surface area contributed by atoms with Gasteiger partial charge in [0.2, 0.25) is 0 Å². The van der Waals surface area contributed by atoms with Crippen LogP contribution in [0.2, 0.25) is 0 Å². The van der Waals surface area contributed by atoms with Crippen LogP contribution in [0.15, 0.2) is 107 Å². The fraction of sp³-hybridized carbons (Fsp3) is 0.500. The van der Waals surface area contributed by atoms with Gasteiger partial charge in [0.15, 0.2) is 0 Å². The van der Waals surface area contributed by atoms with Gasteiger partial charge in [0.05, 0.1) is 56.2 Å². The van der Waals surface area contributed by atoms with Crippen molar-refractivity contribution in [2.24, 2.45) is 0 Å². The minimum absolute atomic E-state index is 0.118. The molecule has 0 saturated heterocycles. The number of ether oxygens (including phenoxy) is 2. The predicted octanol–water partition coefficient (Wildman–Crippen LogP) is 14.3. The molecule has 2 aromatic carbocycles. The third-order valence-corrected chi connectivity index (χ3v) is 14.1. The number of aromatic nitrogens is 2. The highest BCUT2D eigenvalue weighted by Crippen LogP contribution is 2.45. The van der Waals surface area contributed by atoms with E-state index in [1.54, 1.807) is 0 Å². The van der Waals surface area contributed by atoms with Crippen molar-refractivity contribution in [1.29, 1.82) is 0 Å². The summed E-state index contributed by atoms with van der Waals surface area (Å²) in [5.74, 6) is 2.00. The molecule has 0 aliphatic heterocycles. The van der Waals surface area contributed by atoms with Gasteiger partial charge >= 0.3 is 0 Å². The summed E-state index contributed by atoms with van der Waals surface area (Å²) in [4.78, 5) is 6.97. The van der Waals surface area contributed by atoms with Gasteiger partial charge < -0.3 is 28.1 Å². The van der Waals surface area contributed by atoms with E-state index < -0.39 is 10.8 Å². The maximum absolute atomic E-state index is 15.8. The average molecular weight is 887 g/mol. The van der Waals surface area contributed by atoms with Crippen molar-refractivity contribution in [3.05, 3.63) is 108 Å². The van der Waals surface area contributed by atoms with Crippen molar-refractivity contribution in [2.45, 2.75) is 141 Å². The van der Waals surface area contributed by atoms with Gasteiger partial charge in [-0.2, -0.15) is 0 Å². The van der Waals surface area contributed by atoms with Gasteiger partial charge in [-0.25, -0.2) is 4.21 Å². The van der Waals surface area contributed by atoms with E-state index in [9.17, 15) is 0 Å². The Labute approximate surface area is 388 Å². The molecule has 0 bridgehead atoms. The highest BCUT2D eigenvalue weighted by atomic mass is 32.2. The standard InChI is InChI=1S/C56H78N4O3S/c1-9-13-33-57(34-14-10-2)37-21-41-62-47-29-25-45(26-30-47)53-51(43(5)6)55(49-23-17-19-39-59(49)53)64(61)56-50-24-18-20-40-60(50)54(52(56)44(7)8)46-27-31-48(32-28-46)63-42-22-38-58(35-15-11-3)36-16-12-4/h17-20,23-32,39-40,43-44H,9-16,21-22,33-38,41-42H2,1-8H3. The Bertz CT molecular complexity index is 2160. The fourth-order valence-electron chi connectivity index (χ4n) is 9.12. The molecule has 4 heterocycles. The van der Waals surface area contributed by atoms with Gasteiger partial charge in [0.1, 0.15) is 11.5 Å². The summed E-state index contributed by atoms with van der Waals surface area (Å²) in [5.41, 5.74) is 8.53. The molecule has 0 amide bonds. The molecule has 0 aliphatic carbocycles. The summed E-state index contributed by atoms with van der Waals surface area (Å²) in [6.07, 6.45) is 16.2. The van der Waals surface area contributed by atoms with Gasteiger partial charge in [-0.1, -0.05) is 93.2 Å². The number of hydrogen-bond acceptors (Lipinski definition) is 5. The van der Waals surface area contributed by atoms with Crippen LogP contribution in [-0.4, -0.2) is 75.3 Å². The molecule has 346 valence electrons. The highest BCUT2D eigenvalue weighted by molar-refractivity contribution is 7.85. The Morgan fingerprint density at radius 2 is 0.828 bits per heavy atom. The topological polar surface area (TPSA) is 50.8 Å². The number of pyridine rings is 2. The lowest BCUT2D eigenvalue weighted by atomic mass is 9.99. The minimum Gasteiger partial charge on any atom is -0.494 e. The summed E-state index contributed by atoms with van der Waals surface area (Å²) in [6.45, 7) is 26.2. The van der Waals surface area contributed by atoms with Crippen LogP contribution >= 0.6 is 0 Å². The molecule has 8 heteroatoms. The lowest BCUT2D eigenvalue weighted by Gasteiger charge is -2.21. The lowest BCUT2D eigenvalue weighted by Crippen LogP contribution is -2.28. The Morgan fingerprint density at radius 1 is 0.484 bits per heavy atom. The first kappa shape index (κ1) is 49.1. The second-order valence-electron chi connectivity index (χ2n) is 18.2. The average Bonchev–Trinajstić information content (AvgIpc) is 3.85. The number of unbranched alkanes of at least 4 members (excludes halogenated alkanes) is 4. The summed E-state index contributed by atoms with van der Waals surface area (Å²) in [6, 6.07) is 29.6. The molecule has 64 heavy (non-hydrogen) atoms. The highest BCUT2D eigenvalue weighted by Gasteiger charge is 2.32. The molecule has 6 aromatic rings. The maximum Gasteiger partial charge on any atom is 0.119 e. The lowest BCUT2D eigenvalue weighted by molar-refractivity contribution is 0.229. The van der Waals surface area contributed by atoms with Crippen molar-refractivity contribution in [3.8, 4) is 34.0 Å². The van der Waals surface area contributed by atoms with Crippen molar-refractivity contribution in [1.82, 2.24) is 18.6 Å². The largest absolute Gasteiger partial charge is 0.494 e. The van der Waals surface area contributed by atoms with Crippen molar-refractivity contribution in [3.63, 3.8) is 0 Å². The fourth-order valence-corrected chi connectivity index (χ4v) is 11.1. The second-order valence-corrected chi connectivity index (χ2v) is 19.6. The Morgan fingerprint density at radius 3 is 1.16 bits per heavy atom. The van der Waals surface area contributed by atoms with Crippen LogP contribution in [0.5, 0.6) is 11.5 Å². The molecule has 4 aromatic heterocycles. The molecule has 0 spiro atoms. The van der Waals surface area contributed by atoms with Crippen LogP contribution < -0.4 is 9.47 Å².